The molecule has 6 heteroatoms. The van der Waals surface area contributed by atoms with Gasteiger partial charge in [0.25, 0.3) is 5.91 Å². The van der Waals surface area contributed by atoms with Crippen molar-refractivity contribution in [1.82, 2.24) is 9.97 Å². The lowest BCUT2D eigenvalue weighted by molar-refractivity contribution is 0.101. The van der Waals surface area contributed by atoms with Crippen molar-refractivity contribution in [3.8, 4) is 0 Å². The van der Waals surface area contributed by atoms with Gasteiger partial charge >= 0.3 is 0 Å². The van der Waals surface area contributed by atoms with Gasteiger partial charge in [-0.05, 0) is 76.1 Å². The molecular weight excluding hydrogens is 364 g/mol. The maximum Gasteiger partial charge on any atom is 0.274 e. The molecule has 0 fully saturated rings. The highest BCUT2D eigenvalue weighted by Gasteiger charge is 2.13. The molecule has 148 valence electrons. The van der Waals surface area contributed by atoms with E-state index in [0.29, 0.717) is 22.9 Å². The van der Waals surface area contributed by atoms with E-state index < -0.39 is 0 Å². The molecule has 0 saturated carbocycles. The van der Waals surface area contributed by atoms with Gasteiger partial charge in [0.2, 0.25) is 5.95 Å². The molecule has 1 amide bonds. The number of nitrogens with zero attached hydrogens (tertiary/aromatic N) is 2. The molecule has 0 aliphatic rings. The summed E-state index contributed by atoms with van der Waals surface area (Å²) in [6.45, 7) is 9.43. The van der Waals surface area contributed by atoms with E-state index in [2.05, 4.69) is 39.7 Å². The monoisotopic (exact) mass is 388 g/mol. The number of ketones is 1. The predicted molar refractivity (Wildman–Crippen MR) is 115 cm³/mol. The molecule has 0 bridgehead atoms. The number of amides is 1. The number of aromatic nitrogens is 2. The van der Waals surface area contributed by atoms with Gasteiger partial charge in [-0.1, -0.05) is 17.7 Å². The number of benzene rings is 2. The first-order valence-corrected chi connectivity index (χ1v) is 9.36. The second kappa shape index (κ2) is 8.22. The minimum atomic E-state index is -0.341. The van der Waals surface area contributed by atoms with E-state index in [-0.39, 0.29) is 17.4 Å². The molecule has 3 aromatic rings. The number of aryl methyl sites for hydroxylation is 4. The zero-order valence-electron chi connectivity index (χ0n) is 17.3. The van der Waals surface area contributed by atoms with Gasteiger partial charge in [0, 0.05) is 22.6 Å². The van der Waals surface area contributed by atoms with E-state index in [4.69, 9.17) is 0 Å². The number of anilines is 3. The fourth-order valence-corrected chi connectivity index (χ4v) is 3.21. The second-order valence-corrected chi connectivity index (χ2v) is 7.20. The molecule has 0 radical (unpaired) electrons. The van der Waals surface area contributed by atoms with Crippen molar-refractivity contribution in [2.24, 2.45) is 0 Å². The van der Waals surface area contributed by atoms with Crippen LogP contribution in [0.4, 0.5) is 17.3 Å². The number of hydrogen-bond acceptors (Lipinski definition) is 5. The smallest absolute Gasteiger partial charge is 0.274 e. The number of nitrogens with one attached hydrogen (secondary N) is 2. The Morgan fingerprint density at radius 3 is 2.07 bits per heavy atom. The summed E-state index contributed by atoms with van der Waals surface area (Å²) in [5.41, 5.74) is 6.43. The Kier molecular flexibility index (Phi) is 5.73. The Morgan fingerprint density at radius 2 is 1.48 bits per heavy atom. The molecule has 1 heterocycles. The SMILES string of the molecule is CC(=O)c1ccc(NC(=O)c2cc(C)nc(Nc3c(C)cc(C)cc3C)n2)cc1. The average molecular weight is 388 g/mol. The summed E-state index contributed by atoms with van der Waals surface area (Å²) in [7, 11) is 0. The van der Waals surface area contributed by atoms with Crippen LogP contribution < -0.4 is 10.6 Å². The summed E-state index contributed by atoms with van der Waals surface area (Å²) >= 11 is 0. The molecule has 0 aliphatic heterocycles. The average Bonchev–Trinajstić information content (AvgIpc) is 2.64. The number of rotatable bonds is 5. The van der Waals surface area contributed by atoms with Gasteiger partial charge in [-0.15, -0.1) is 0 Å². The molecule has 3 rings (SSSR count). The first-order chi connectivity index (χ1) is 13.7. The van der Waals surface area contributed by atoms with Crippen LogP contribution in [0.1, 0.15) is 50.2 Å². The van der Waals surface area contributed by atoms with Gasteiger partial charge in [0.15, 0.2) is 5.78 Å². The summed E-state index contributed by atoms with van der Waals surface area (Å²) in [6.07, 6.45) is 0. The third-order valence-corrected chi connectivity index (χ3v) is 4.55. The molecule has 0 unspecified atom stereocenters. The van der Waals surface area contributed by atoms with E-state index in [1.165, 1.54) is 12.5 Å². The lowest BCUT2D eigenvalue weighted by Crippen LogP contribution is -2.15. The predicted octanol–water partition coefficient (Wildman–Crippen LogP) is 4.91. The largest absolute Gasteiger partial charge is 0.324 e. The molecule has 0 spiro atoms. The first-order valence-electron chi connectivity index (χ1n) is 9.36. The van der Waals surface area contributed by atoms with Crippen molar-refractivity contribution in [3.05, 3.63) is 76.1 Å². The molecule has 2 N–H and O–H groups in total. The maximum absolute atomic E-state index is 12.7. The highest BCUT2D eigenvalue weighted by atomic mass is 16.2. The van der Waals surface area contributed by atoms with Crippen molar-refractivity contribution in [2.75, 3.05) is 10.6 Å². The third kappa shape index (κ3) is 4.85. The van der Waals surface area contributed by atoms with Crippen molar-refractivity contribution in [1.29, 1.82) is 0 Å². The van der Waals surface area contributed by atoms with E-state index in [0.717, 1.165) is 16.8 Å². The lowest BCUT2D eigenvalue weighted by Gasteiger charge is -2.14. The van der Waals surface area contributed by atoms with Crippen LogP contribution in [-0.4, -0.2) is 21.7 Å². The molecule has 2 aromatic carbocycles. The van der Waals surface area contributed by atoms with E-state index in [1.807, 2.05) is 20.8 Å². The molecule has 0 aliphatic carbocycles. The molecule has 0 atom stereocenters. The summed E-state index contributed by atoms with van der Waals surface area (Å²) < 4.78 is 0. The standard InChI is InChI=1S/C23H24N4O2/c1-13-10-14(2)21(15(3)11-13)27-23-24-16(4)12-20(26-23)22(29)25-19-8-6-18(7-9-19)17(5)28/h6-12H,1-5H3,(H,25,29)(H,24,26,27). The van der Waals surface area contributed by atoms with Crippen LogP contribution in [0.25, 0.3) is 0 Å². The normalized spacial score (nSPS) is 10.5. The van der Waals surface area contributed by atoms with Crippen LogP contribution >= 0.6 is 0 Å². The number of hydrogen-bond donors (Lipinski definition) is 2. The van der Waals surface area contributed by atoms with Crippen LogP contribution in [0.15, 0.2) is 42.5 Å². The molecular formula is C23H24N4O2. The number of carbonyl (C=O) groups excluding carboxylic acids is 2. The fourth-order valence-electron chi connectivity index (χ4n) is 3.21. The Bertz CT molecular complexity index is 1070. The molecule has 1 aromatic heterocycles. The minimum absolute atomic E-state index is 0.0216. The highest BCUT2D eigenvalue weighted by Crippen LogP contribution is 2.24. The Morgan fingerprint density at radius 1 is 0.862 bits per heavy atom. The van der Waals surface area contributed by atoms with Crippen LogP contribution in [0.2, 0.25) is 0 Å². The van der Waals surface area contributed by atoms with Crippen molar-refractivity contribution in [3.63, 3.8) is 0 Å². The zero-order valence-corrected chi connectivity index (χ0v) is 17.3. The molecule has 6 nitrogen and oxygen atoms in total. The van der Waals surface area contributed by atoms with Crippen molar-refractivity contribution in [2.45, 2.75) is 34.6 Å². The van der Waals surface area contributed by atoms with Crippen LogP contribution in [-0.2, 0) is 0 Å². The van der Waals surface area contributed by atoms with Gasteiger partial charge in [-0.2, -0.15) is 0 Å². The number of Topliss-reactive ketones (excluding diaryl/α,β-unsaturated/α-hetero) is 1. The summed E-state index contributed by atoms with van der Waals surface area (Å²) in [4.78, 5) is 32.9. The summed E-state index contributed by atoms with van der Waals surface area (Å²) in [5, 5.41) is 6.05. The fraction of sp³-hybridized carbons (Fsp3) is 0.217. The molecule has 0 saturated heterocycles. The highest BCUT2D eigenvalue weighted by molar-refractivity contribution is 6.03. The van der Waals surface area contributed by atoms with Gasteiger partial charge in [0.1, 0.15) is 5.69 Å². The van der Waals surface area contributed by atoms with Crippen LogP contribution in [0.3, 0.4) is 0 Å². The van der Waals surface area contributed by atoms with Crippen LogP contribution in [0.5, 0.6) is 0 Å². The van der Waals surface area contributed by atoms with Crippen molar-refractivity contribution < 1.29 is 9.59 Å². The van der Waals surface area contributed by atoms with Gasteiger partial charge in [-0.25, -0.2) is 9.97 Å². The third-order valence-electron chi connectivity index (χ3n) is 4.55. The Balaban J connectivity index is 1.83. The quantitative estimate of drug-likeness (QED) is 0.607. The Hall–Kier alpha value is -3.54. The topological polar surface area (TPSA) is 84.0 Å². The number of carbonyl (C=O) groups is 2. The minimum Gasteiger partial charge on any atom is -0.324 e. The lowest BCUT2D eigenvalue weighted by atomic mass is 10.1. The summed E-state index contributed by atoms with van der Waals surface area (Å²) in [5.74, 6) is 0.00955. The van der Waals surface area contributed by atoms with E-state index in [1.54, 1.807) is 30.3 Å². The van der Waals surface area contributed by atoms with Gasteiger partial charge in [-0.3, -0.25) is 9.59 Å². The first kappa shape index (κ1) is 20.2. The van der Waals surface area contributed by atoms with E-state index in [9.17, 15) is 9.59 Å². The van der Waals surface area contributed by atoms with Crippen molar-refractivity contribution >= 4 is 29.0 Å². The summed E-state index contributed by atoms with van der Waals surface area (Å²) in [6, 6.07) is 12.6. The van der Waals surface area contributed by atoms with Crippen LogP contribution in [0, 0.1) is 27.7 Å². The Labute approximate surface area is 170 Å². The zero-order chi connectivity index (χ0) is 21.1. The second-order valence-electron chi connectivity index (χ2n) is 7.20. The van der Waals surface area contributed by atoms with Gasteiger partial charge < -0.3 is 10.6 Å². The van der Waals surface area contributed by atoms with E-state index >= 15 is 0 Å². The van der Waals surface area contributed by atoms with Gasteiger partial charge in [0.05, 0.1) is 0 Å². The maximum atomic E-state index is 12.7. The molecule has 29 heavy (non-hydrogen) atoms.